The van der Waals surface area contributed by atoms with Crippen molar-refractivity contribution in [3.8, 4) is 11.5 Å². The minimum absolute atomic E-state index is 0.0716. The number of likely N-dealkylation sites (tertiary alicyclic amines) is 1. The molecule has 1 amide bonds. The summed E-state index contributed by atoms with van der Waals surface area (Å²) in [4.78, 5) is 38.8. The van der Waals surface area contributed by atoms with E-state index in [0.717, 1.165) is 25.7 Å². The zero-order valence-corrected chi connectivity index (χ0v) is 26.5. The van der Waals surface area contributed by atoms with E-state index in [0.29, 0.717) is 23.6 Å². The Hall–Kier alpha value is -3.88. The molecule has 1 saturated heterocycles. The van der Waals surface area contributed by atoms with Crippen molar-refractivity contribution in [3.05, 3.63) is 69.3 Å². The lowest BCUT2D eigenvalue weighted by atomic mass is 9.94. The molecule has 0 aliphatic carbocycles. The first-order valence-electron chi connectivity index (χ1n) is 16.1. The molecular formula is C35H48N2O7. The molecule has 1 N–H and O–H groups in total. The number of aliphatic hydroxyl groups excluding tert-OH is 1. The number of ether oxygens (including phenoxy) is 2. The number of Topliss-reactive ketones (excluding diaryl/α,β-unsaturated/α-hetero) is 1. The Bertz CT molecular complexity index is 1270. The number of methoxy groups -OCH3 is 2. The average Bonchev–Trinajstić information content (AvgIpc) is 3.29. The minimum atomic E-state index is -0.881. The highest BCUT2D eigenvalue weighted by molar-refractivity contribution is 6.46. The zero-order valence-electron chi connectivity index (χ0n) is 26.5. The largest absolute Gasteiger partial charge is 0.507 e. The van der Waals surface area contributed by atoms with Gasteiger partial charge in [-0.3, -0.25) is 19.7 Å². The SMILES string of the molecule is CCCCCCCCCCCCCCCCN1C(=O)C(=O)/C(=C(/O)c2ccc([N+](=O)[O-])cc2)[C@H]1c1ccc(OC)cc1OC. The van der Waals surface area contributed by atoms with E-state index in [-0.39, 0.29) is 22.6 Å². The summed E-state index contributed by atoms with van der Waals surface area (Å²) >= 11 is 0. The number of amides is 1. The molecule has 0 unspecified atom stereocenters. The third-order valence-corrected chi connectivity index (χ3v) is 8.38. The Morgan fingerprint density at radius 2 is 1.36 bits per heavy atom. The molecule has 0 saturated carbocycles. The minimum Gasteiger partial charge on any atom is -0.507 e. The van der Waals surface area contributed by atoms with E-state index >= 15 is 0 Å². The van der Waals surface area contributed by atoms with E-state index in [1.807, 2.05) is 0 Å². The van der Waals surface area contributed by atoms with Crippen molar-refractivity contribution in [2.75, 3.05) is 20.8 Å². The van der Waals surface area contributed by atoms with Crippen LogP contribution in [0, 0.1) is 10.1 Å². The summed E-state index contributed by atoms with van der Waals surface area (Å²) in [5, 5.41) is 22.4. The van der Waals surface area contributed by atoms with E-state index < -0.39 is 22.7 Å². The van der Waals surface area contributed by atoms with Crippen molar-refractivity contribution < 1.29 is 29.1 Å². The molecule has 1 aliphatic heterocycles. The number of hydrogen-bond acceptors (Lipinski definition) is 7. The summed E-state index contributed by atoms with van der Waals surface area (Å²) < 4.78 is 10.9. The highest BCUT2D eigenvalue weighted by Crippen LogP contribution is 2.44. The second-order valence-corrected chi connectivity index (χ2v) is 11.5. The normalized spacial score (nSPS) is 16.0. The summed E-state index contributed by atoms with van der Waals surface area (Å²) in [7, 11) is 3.03. The lowest BCUT2D eigenvalue weighted by Crippen LogP contribution is -2.31. The van der Waals surface area contributed by atoms with Gasteiger partial charge in [0.25, 0.3) is 17.4 Å². The van der Waals surface area contributed by atoms with Crippen LogP contribution in [-0.2, 0) is 9.59 Å². The average molecular weight is 609 g/mol. The fraction of sp³-hybridized carbons (Fsp3) is 0.543. The molecule has 2 aromatic carbocycles. The van der Waals surface area contributed by atoms with E-state index in [2.05, 4.69) is 6.92 Å². The van der Waals surface area contributed by atoms with Crippen LogP contribution >= 0.6 is 0 Å². The molecule has 1 heterocycles. The summed E-state index contributed by atoms with van der Waals surface area (Å²) in [6.07, 6.45) is 17.0. The number of ketones is 1. The maximum Gasteiger partial charge on any atom is 0.295 e. The molecule has 44 heavy (non-hydrogen) atoms. The molecule has 9 heteroatoms. The Morgan fingerprint density at radius 1 is 0.818 bits per heavy atom. The van der Waals surface area contributed by atoms with Crippen molar-refractivity contribution in [1.29, 1.82) is 0 Å². The van der Waals surface area contributed by atoms with Gasteiger partial charge in [0.1, 0.15) is 17.3 Å². The third kappa shape index (κ3) is 9.31. The predicted molar refractivity (Wildman–Crippen MR) is 172 cm³/mol. The number of carbonyl (C=O) groups is 2. The van der Waals surface area contributed by atoms with Crippen LogP contribution in [0.4, 0.5) is 5.69 Å². The van der Waals surface area contributed by atoms with Crippen LogP contribution in [0.5, 0.6) is 11.5 Å². The molecule has 240 valence electrons. The van der Waals surface area contributed by atoms with Crippen LogP contribution in [-0.4, -0.2) is 47.4 Å². The molecule has 1 fully saturated rings. The number of unbranched alkanes of at least 4 members (excludes halogenated alkanes) is 13. The predicted octanol–water partition coefficient (Wildman–Crippen LogP) is 8.52. The lowest BCUT2D eigenvalue weighted by Gasteiger charge is -2.27. The molecular weight excluding hydrogens is 560 g/mol. The quantitative estimate of drug-likeness (QED) is 0.0399. The smallest absolute Gasteiger partial charge is 0.295 e. The topological polar surface area (TPSA) is 119 Å². The monoisotopic (exact) mass is 608 g/mol. The van der Waals surface area contributed by atoms with Gasteiger partial charge in [-0.2, -0.15) is 0 Å². The number of nitro benzene ring substituents is 1. The van der Waals surface area contributed by atoms with Gasteiger partial charge in [-0.25, -0.2) is 0 Å². The van der Waals surface area contributed by atoms with Crippen molar-refractivity contribution in [2.45, 2.75) is 103 Å². The lowest BCUT2D eigenvalue weighted by molar-refractivity contribution is -0.384. The van der Waals surface area contributed by atoms with Crippen molar-refractivity contribution in [1.82, 2.24) is 4.90 Å². The maximum atomic E-state index is 13.4. The van der Waals surface area contributed by atoms with E-state index in [1.54, 1.807) is 18.2 Å². The highest BCUT2D eigenvalue weighted by atomic mass is 16.6. The number of benzene rings is 2. The van der Waals surface area contributed by atoms with Gasteiger partial charge in [-0.15, -0.1) is 0 Å². The molecule has 0 aromatic heterocycles. The van der Waals surface area contributed by atoms with Crippen LogP contribution in [0.1, 0.15) is 114 Å². The number of rotatable bonds is 20. The molecule has 3 rings (SSSR count). The fourth-order valence-electron chi connectivity index (χ4n) is 5.85. The molecule has 1 atom stereocenters. The van der Waals surface area contributed by atoms with Crippen LogP contribution in [0.2, 0.25) is 0 Å². The number of aliphatic hydroxyl groups is 1. The standard InChI is InChI=1S/C35H48N2O7/c1-4-5-6-7-8-9-10-11-12-13-14-15-16-17-24-36-32(29-23-22-28(43-2)25-30(29)44-3)31(34(39)35(36)40)33(38)26-18-20-27(21-19-26)37(41)42/h18-23,25,32,38H,4-17,24H2,1-3H3/b33-31+/t32-/m1/s1. The number of hydrogen-bond donors (Lipinski definition) is 1. The summed E-state index contributed by atoms with van der Waals surface area (Å²) in [5.74, 6) is -0.911. The van der Waals surface area contributed by atoms with Gasteiger partial charge in [0.15, 0.2) is 0 Å². The van der Waals surface area contributed by atoms with Crippen LogP contribution < -0.4 is 9.47 Å². The number of non-ortho nitro benzene ring substituents is 1. The second kappa shape index (κ2) is 18.0. The van der Waals surface area contributed by atoms with Gasteiger partial charge in [-0.05, 0) is 30.7 Å². The van der Waals surface area contributed by atoms with Crippen LogP contribution in [0.15, 0.2) is 48.0 Å². The summed E-state index contributed by atoms with van der Waals surface area (Å²) in [5.41, 5.74) is 0.537. The van der Waals surface area contributed by atoms with E-state index in [4.69, 9.17) is 9.47 Å². The Balaban J connectivity index is 1.67. The molecule has 9 nitrogen and oxygen atoms in total. The van der Waals surface area contributed by atoms with Crippen LogP contribution in [0.3, 0.4) is 0 Å². The number of nitrogens with zero attached hydrogens (tertiary/aromatic N) is 2. The number of nitro groups is 1. The maximum absolute atomic E-state index is 13.4. The molecule has 0 radical (unpaired) electrons. The summed E-state index contributed by atoms with van der Waals surface area (Å²) in [6, 6.07) is 9.49. The fourth-order valence-corrected chi connectivity index (χ4v) is 5.85. The Morgan fingerprint density at radius 3 is 1.86 bits per heavy atom. The second-order valence-electron chi connectivity index (χ2n) is 11.5. The highest BCUT2D eigenvalue weighted by Gasteiger charge is 2.46. The van der Waals surface area contributed by atoms with Gasteiger partial charge in [0, 0.05) is 35.9 Å². The van der Waals surface area contributed by atoms with Crippen molar-refractivity contribution >= 4 is 23.1 Å². The molecule has 0 spiro atoms. The van der Waals surface area contributed by atoms with Gasteiger partial charge >= 0.3 is 0 Å². The number of carbonyl (C=O) groups excluding carboxylic acids is 2. The van der Waals surface area contributed by atoms with Gasteiger partial charge < -0.3 is 19.5 Å². The van der Waals surface area contributed by atoms with Gasteiger partial charge in [-0.1, -0.05) is 90.4 Å². The third-order valence-electron chi connectivity index (χ3n) is 8.38. The van der Waals surface area contributed by atoms with E-state index in [9.17, 15) is 24.8 Å². The van der Waals surface area contributed by atoms with Crippen LogP contribution in [0.25, 0.3) is 5.76 Å². The first kappa shape index (κ1) is 34.6. The Labute approximate surface area is 261 Å². The summed E-state index contributed by atoms with van der Waals surface area (Å²) in [6.45, 7) is 2.59. The Kier molecular flexibility index (Phi) is 14.2. The molecule has 2 aromatic rings. The van der Waals surface area contributed by atoms with Crippen molar-refractivity contribution in [2.24, 2.45) is 0 Å². The first-order chi connectivity index (χ1) is 21.3. The zero-order chi connectivity index (χ0) is 31.9. The van der Waals surface area contributed by atoms with Gasteiger partial charge in [0.05, 0.1) is 30.8 Å². The van der Waals surface area contributed by atoms with Gasteiger partial charge in [0.2, 0.25) is 0 Å². The molecule has 0 bridgehead atoms. The molecule has 1 aliphatic rings. The van der Waals surface area contributed by atoms with Crippen molar-refractivity contribution in [3.63, 3.8) is 0 Å². The first-order valence-corrected chi connectivity index (χ1v) is 16.1. The van der Waals surface area contributed by atoms with E-state index in [1.165, 1.54) is 108 Å².